The lowest BCUT2D eigenvalue weighted by Gasteiger charge is -2.21. The highest BCUT2D eigenvalue weighted by atomic mass is 35.5. The number of hydrogen-bond donors (Lipinski definition) is 1. The molecule has 7 heteroatoms. The van der Waals surface area contributed by atoms with Gasteiger partial charge in [0, 0.05) is 24.2 Å². The third-order valence-corrected chi connectivity index (χ3v) is 4.93. The minimum atomic E-state index is -0.528. The van der Waals surface area contributed by atoms with Gasteiger partial charge in [-0.05, 0) is 49.9 Å². The van der Waals surface area contributed by atoms with Gasteiger partial charge in [-0.3, -0.25) is 14.9 Å². The molecule has 0 spiro atoms. The van der Waals surface area contributed by atoms with Crippen LogP contribution in [0.1, 0.15) is 23.2 Å². The highest BCUT2D eigenvalue weighted by Crippen LogP contribution is 2.29. The van der Waals surface area contributed by atoms with Gasteiger partial charge in [0.25, 0.3) is 11.6 Å². The van der Waals surface area contributed by atoms with Crippen LogP contribution in [-0.4, -0.2) is 41.9 Å². The number of amides is 1. The summed E-state index contributed by atoms with van der Waals surface area (Å²) in [7, 11) is 0. The summed E-state index contributed by atoms with van der Waals surface area (Å²) >= 11 is 5.91. The van der Waals surface area contributed by atoms with Crippen molar-refractivity contribution in [2.75, 3.05) is 26.2 Å². The van der Waals surface area contributed by atoms with E-state index in [1.54, 1.807) is 4.90 Å². The second kappa shape index (κ2) is 6.22. The van der Waals surface area contributed by atoms with Crippen LogP contribution < -0.4 is 5.32 Å². The van der Waals surface area contributed by atoms with Crippen molar-refractivity contribution in [1.82, 2.24) is 10.2 Å². The number of hydrogen-bond acceptors (Lipinski definition) is 4. The van der Waals surface area contributed by atoms with E-state index < -0.39 is 4.92 Å². The Morgan fingerprint density at radius 1 is 1.27 bits per heavy atom. The molecule has 6 nitrogen and oxygen atoms in total. The molecule has 1 aromatic carbocycles. The summed E-state index contributed by atoms with van der Waals surface area (Å²) in [5.74, 6) is 0.918. The first kappa shape index (κ1) is 15.2. The Balaban J connectivity index is 1.82. The monoisotopic (exact) mass is 323 g/mol. The molecule has 2 fully saturated rings. The molecule has 1 aromatic rings. The maximum atomic E-state index is 12.7. The highest BCUT2D eigenvalue weighted by Gasteiger charge is 2.33. The van der Waals surface area contributed by atoms with E-state index in [4.69, 9.17) is 11.6 Å². The molecule has 2 saturated heterocycles. The van der Waals surface area contributed by atoms with E-state index in [1.807, 2.05) is 0 Å². The number of carbonyl (C=O) groups excluding carboxylic acids is 1. The molecule has 3 rings (SSSR count). The molecule has 2 heterocycles. The van der Waals surface area contributed by atoms with Gasteiger partial charge < -0.3 is 10.2 Å². The molecule has 0 aromatic heterocycles. The van der Waals surface area contributed by atoms with Gasteiger partial charge in [0.05, 0.1) is 4.92 Å². The van der Waals surface area contributed by atoms with Gasteiger partial charge in [-0.2, -0.15) is 0 Å². The Hall–Kier alpha value is -1.66. The molecule has 0 aliphatic carbocycles. The zero-order valence-electron chi connectivity index (χ0n) is 12.1. The van der Waals surface area contributed by atoms with Crippen LogP contribution in [0.3, 0.4) is 0 Å². The highest BCUT2D eigenvalue weighted by molar-refractivity contribution is 6.31. The van der Waals surface area contributed by atoms with E-state index in [1.165, 1.54) is 18.2 Å². The van der Waals surface area contributed by atoms with Gasteiger partial charge >= 0.3 is 0 Å². The SMILES string of the molecule is O=C(c1cc(Cl)ccc1[N+](=O)[O-])N1CC[C@@H]2CNC[C@@H]2CC1. The number of carbonyl (C=O) groups is 1. The van der Waals surface area contributed by atoms with Gasteiger partial charge in [0.15, 0.2) is 0 Å². The summed E-state index contributed by atoms with van der Waals surface area (Å²) in [5, 5.41) is 14.9. The molecule has 2 aliphatic heterocycles. The van der Waals surface area contributed by atoms with Crippen LogP contribution in [0.25, 0.3) is 0 Å². The first-order valence-electron chi connectivity index (χ1n) is 7.50. The van der Waals surface area contributed by atoms with Crippen LogP contribution in [0, 0.1) is 22.0 Å². The Kier molecular flexibility index (Phi) is 4.31. The third-order valence-electron chi connectivity index (χ3n) is 4.69. The fourth-order valence-corrected chi connectivity index (χ4v) is 3.60. The van der Waals surface area contributed by atoms with Crippen molar-refractivity contribution in [3.8, 4) is 0 Å². The number of nitro groups is 1. The van der Waals surface area contributed by atoms with Gasteiger partial charge in [-0.15, -0.1) is 0 Å². The molecule has 1 N–H and O–H groups in total. The van der Waals surface area contributed by atoms with Gasteiger partial charge in [0.2, 0.25) is 0 Å². The summed E-state index contributed by atoms with van der Waals surface area (Å²) < 4.78 is 0. The number of benzene rings is 1. The maximum Gasteiger partial charge on any atom is 0.282 e. The Labute approximate surface area is 133 Å². The summed E-state index contributed by atoms with van der Waals surface area (Å²) in [5.41, 5.74) is -0.0943. The number of nitrogens with zero attached hydrogens (tertiary/aromatic N) is 2. The molecule has 1 amide bonds. The average molecular weight is 324 g/mol. The molecule has 0 radical (unpaired) electrons. The number of nitro benzene ring substituents is 1. The lowest BCUT2D eigenvalue weighted by molar-refractivity contribution is -0.385. The molecule has 0 unspecified atom stereocenters. The molecule has 118 valence electrons. The number of nitrogens with one attached hydrogen (secondary N) is 1. The van der Waals surface area contributed by atoms with Crippen LogP contribution in [0.2, 0.25) is 5.02 Å². The van der Waals surface area contributed by atoms with Crippen LogP contribution in [0.15, 0.2) is 18.2 Å². The number of likely N-dealkylation sites (tertiary alicyclic amines) is 1. The zero-order valence-corrected chi connectivity index (χ0v) is 12.9. The van der Waals surface area contributed by atoms with E-state index >= 15 is 0 Å². The minimum Gasteiger partial charge on any atom is -0.338 e. The van der Waals surface area contributed by atoms with Crippen molar-refractivity contribution in [3.63, 3.8) is 0 Å². The number of fused-ring (bicyclic) bond motifs is 1. The van der Waals surface area contributed by atoms with E-state index in [0.29, 0.717) is 29.9 Å². The molecule has 0 bridgehead atoms. The lowest BCUT2D eigenvalue weighted by Crippen LogP contribution is -2.33. The van der Waals surface area contributed by atoms with Crippen molar-refractivity contribution >= 4 is 23.2 Å². The zero-order chi connectivity index (χ0) is 15.7. The standard InChI is InChI=1S/C15H18ClN3O3/c16-12-1-2-14(19(21)22)13(7-12)15(20)18-5-3-10-8-17-9-11(10)4-6-18/h1-2,7,10-11,17H,3-6,8-9H2/t10-,11+. The van der Waals surface area contributed by atoms with Crippen molar-refractivity contribution in [2.45, 2.75) is 12.8 Å². The predicted octanol–water partition coefficient (Wildman–Crippen LogP) is 2.32. The smallest absolute Gasteiger partial charge is 0.282 e. The minimum absolute atomic E-state index is 0.0858. The number of rotatable bonds is 2. The van der Waals surface area contributed by atoms with Crippen LogP contribution in [-0.2, 0) is 0 Å². The fraction of sp³-hybridized carbons (Fsp3) is 0.533. The fourth-order valence-electron chi connectivity index (χ4n) is 3.43. The largest absolute Gasteiger partial charge is 0.338 e. The van der Waals surface area contributed by atoms with E-state index in [9.17, 15) is 14.9 Å². The Bertz CT molecular complexity index is 594. The summed E-state index contributed by atoms with van der Waals surface area (Å²) in [6.45, 7) is 3.30. The molecular weight excluding hydrogens is 306 g/mol. The van der Waals surface area contributed by atoms with Crippen molar-refractivity contribution in [2.24, 2.45) is 11.8 Å². The van der Waals surface area contributed by atoms with Crippen LogP contribution in [0.4, 0.5) is 5.69 Å². The first-order chi connectivity index (χ1) is 10.6. The Morgan fingerprint density at radius 3 is 2.50 bits per heavy atom. The summed E-state index contributed by atoms with van der Waals surface area (Å²) in [6.07, 6.45) is 1.88. The average Bonchev–Trinajstić information content (AvgIpc) is 2.85. The molecule has 22 heavy (non-hydrogen) atoms. The second-order valence-corrected chi connectivity index (χ2v) is 6.40. The normalized spacial score (nSPS) is 24.7. The van der Waals surface area contributed by atoms with Gasteiger partial charge in [-0.1, -0.05) is 11.6 Å². The predicted molar refractivity (Wildman–Crippen MR) is 83.1 cm³/mol. The van der Waals surface area contributed by atoms with E-state index in [2.05, 4.69) is 5.32 Å². The van der Waals surface area contributed by atoms with Crippen molar-refractivity contribution in [3.05, 3.63) is 38.9 Å². The van der Waals surface area contributed by atoms with E-state index in [0.717, 1.165) is 25.9 Å². The molecule has 2 aliphatic rings. The van der Waals surface area contributed by atoms with Gasteiger partial charge in [0.1, 0.15) is 5.56 Å². The van der Waals surface area contributed by atoms with E-state index in [-0.39, 0.29) is 17.2 Å². The summed E-state index contributed by atoms with van der Waals surface area (Å²) in [6, 6.07) is 4.14. The first-order valence-corrected chi connectivity index (χ1v) is 7.88. The Morgan fingerprint density at radius 2 is 1.91 bits per heavy atom. The van der Waals surface area contributed by atoms with Crippen molar-refractivity contribution < 1.29 is 9.72 Å². The summed E-state index contributed by atoms with van der Waals surface area (Å²) in [4.78, 5) is 25.0. The quantitative estimate of drug-likeness (QED) is 0.669. The van der Waals surface area contributed by atoms with Gasteiger partial charge in [-0.25, -0.2) is 0 Å². The maximum absolute atomic E-state index is 12.7. The van der Waals surface area contributed by atoms with Crippen LogP contribution >= 0.6 is 11.6 Å². The molecule has 0 saturated carbocycles. The third kappa shape index (κ3) is 2.94. The molecular formula is C15H18ClN3O3. The van der Waals surface area contributed by atoms with Crippen LogP contribution in [0.5, 0.6) is 0 Å². The second-order valence-electron chi connectivity index (χ2n) is 5.97. The van der Waals surface area contributed by atoms with Crippen molar-refractivity contribution in [1.29, 1.82) is 0 Å². The number of halogens is 1. The molecule has 2 atom stereocenters. The lowest BCUT2D eigenvalue weighted by atomic mass is 9.92. The topological polar surface area (TPSA) is 75.5 Å².